The summed E-state index contributed by atoms with van der Waals surface area (Å²) in [7, 11) is 0. The Kier molecular flexibility index (Phi) is 5.31. The lowest BCUT2D eigenvalue weighted by Crippen LogP contribution is -2.44. The quantitative estimate of drug-likeness (QED) is 0.814. The van der Waals surface area contributed by atoms with Crippen molar-refractivity contribution in [2.45, 2.75) is 25.8 Å². The van der Waals surface area contributed by atoms with Gasteiger partial charge in [0, 0.05) is 18.1 Å². The second-order valence-electron chi connectivity index (χ2n) is 4.33. The van der Waals surface area contributed by atoms with Crippen LogP contribution in [-0.4, -0.2) is 23.6 Å². The largest absolute Gasteiger partial charge is 0.368 e. The second kappa shape index (κ2) is 6.74. The highest BCUT2D eigenvalue weighted by Gasteiger charge is 2.20. The molecule has 108 valence electrons. The maximum Gasteiger partial charge on any atom is 0.252 e. The molecular formula is C13H14F2N2O3. The fraction of sp³-hybridized carbons (Fsp3) is 0.308. The van der Waals surface area contributed by atoms with Crippen molar-refractivity contribution >= 4 is 17.6 Å². The standard InChI is InChI=1S/C13H14F2N2O3/c1-7(18)2-3-11(12(16)19)17-13(20)8-4-9(14)6-10(15)5-8/h4-6,11H,2-3H2,1H3,(H2,16,19)(H,17,20)/t11-/m1/s1. The maximum absolute atomic E-state index is 13.0. The minimum atomic E-state index is -1.07. The molecule has 0 saturated heterocycles. The SMILES string of the molecule is CC(=O)CC[C@@H](NC(=O)c1cc(F)cc(F)c1)C(N)=O. The normalized spacial score (nSPS) is 11.8. The number of Topliss-reactive ketones (excluding diaryl/α,β-unsaturated/α-hetero) is 1. The molecule has 0 spiro atoms. The number of primary amides is 1. The van der Waals surface area contributed by atoms with Gasteiger partial charge in [-0.25, -0.2) is 8.78 Å². The first-order valence-corrected chi connectivity index (χ1v) is 5.85. The van der Waals surface area contributed by atoms with E-state index in [1.807, 2.05) is 0 Å². The van der Waals surface area contributed by atoms with Gasteiger partial charge in [0.1, 0.15) is 23.5 Å². The summed E-state index contributed by atoms with van der Waals surface area (Å²) < 4.78 is 26.0. The summed E-state index contributed by atoms with van der Waals surface area (Å²) in [4.78, 5) is 33.8. The molecule has 0 aromatic heterocycles. The van der Waals surface area contributed by atoms with E-state index in [1.54, 1.807) is 0 Å². The van der Waals surface area contributed by atoms with Crippen LogP contribution in [0.15, 0.2) is 18.2 Å². The molecule has 7 heteroatoms. The number of hydrogen-bond acceptors (Lipinski definition) is 3. The molecule has 0 bridgehead atoms. The number of amides is 2. The third-order valence-corrected chi connectivity index (χ3v) is 2.56. The molecule has 1 aromatic carbocycles. The maximum atomic E-state index is 13.0. The van der Waals surface area contributed by atoms with Gasteiger partial charge in [-0.2, -0.15) is 0 Å². The van der Waals surface area contributed by atoms with Crippen LogP contribution in [0.5, 0.6) is 0 Å². The molecule has 0 aliphatic carbocycles. The molecule has 2 amide bonds. The fourth-order valence-corrected chi connectivity index (χ4v) is 1.56. The number of carbonyl (C=O) groups excluding carboxylic acids is 3. The Labute approximate surface area is 114 Å². The minimum Gasteiger partial charge on any atom is -0.368 e. The first-order chi connectivity index (χ1) is 9.29. The van der Waals surface area contributed by atoms with Crippen molar-refractivity contribution in [1.29, 1.82) is 0 Å². The van der Waals surface area contributed by atoms with Crippen LogP contribution in [0.4, 0.5) is 8.78 Å². The van der Waals surface area contributed by atoms with E-state index in [9.17, 15) is 23.2 Å². The molecule has 0 heterocycles. The average Bonchev–Trinajstić information content (AvgIpc) is 2.32. The van der Waals surface area contributed by atoms with Crippen molar-refractivity contribution < 1.29 is 23.2 Å². The summed E-state index contributed by atoms with van der Waals surface area (Å²) in [5.74, 6) is -3.64. The Morgan fingerprint density at radius 2 is 1.75 bits per heavy atom. The lowest BCUT2D eigenvalue weighted by atomic mass is 10.1. The van der Waals surface area contributed by atoms with Gasteiger partial charge in [0.2, 0.25) is 5.91 Å². The van der Waals surface area contributed by atoms with Gasteiger partial charge in [-0.3, -0.25) is 9.59 Å². The van der Waals surface area contributed by atoms with Crippen molar-refractivity contribution in [3.63, 3.8) is 0 Å². The van der Waals surface area contributed by atoms with E-state index in [0.717, 1.165) is 12.1 Å². The third kappa shape index (κ3) is 4.75. The molecule has 20 heavy (non-hydrogen) atoms. The highest BCUT2D eigenvalue weighted by molar-refractivity contribution is 5.97. The molecule has 0 aliphatic heterocycles. The van der Waals surface area contributed by atoms with Crippen LogP contribution in [0.1, 0.15) is 30.1 Å². The summed E-state index contributed by atoms with van der Waals surface area (Å²) >= 11 is 0. The second-order valence-corrected chi connectivity index (χ2v) is 4.33. The number of carbonyl (C=O) groups is 3. The zero-order chi connectivity index (χ0) is 15.3. The zero-order valence-electron chi connectivity index (χ0n) is 10.8. The summed E-state index contributed by atoms with van der Waals surface area (Å²) in [5.41, 5.74) is 4.83. The smallest absolute Gasteiger partial charge is 0.252 e. The van der Waals surface area contributed by atoms with E-state index in [1.165, 1.54) is 6.92 Å². The average molecular weight is 284 g/mol. The third-order valence-electron chi connectivity index (χ3n) is 2.56. The molecule has 0 radical (unpaired) electrons. The van der Waals surface area contributed by atoms with E-state index in [-0.39, 0.29) is 24.2 Å². The zero-order valence-corrected chi connectivity index (χ0v) is 10.8. The van der Waals surface area contributed by atoms with Gasteiger partial charge in [0.05, 0.1) is 0 Å². The highest BCUT2D eigenvalue weighted by Crippen LogP contribution is 2.09. The van der Waals surface area contributed by atoms with Crippen molar-refractivity contribution in [1.82, 2.24) is 5.32 Å². The predicted octanol–water partition coefficient (Wildman–Crippen LogP) is 0.918. The van der Waals surface area contributed by atoms with Crippen LogP contribution < -0.4 is 11.1 Å². The topological polar surface area (TPSA) is 89.3 Å². The van der Waals surface area contributed by atoms with Crippen LogP contribution in [0.25, 0.3) is 0 Å². The van der Waals surface area contributed by atoms with E-state index in [4.69, 9.17) is 5.73 Å². The lowest BCUT2D eigenvalue weighted by molar-refractivity contribution is -0.120. The monoisotopic (exact) mass is 284 g/mol. The van der Waals surface area contributed by atoms with Crippen LogP contribution in [0, 0.1) is 11.6 Å². The van der Waals surface area contributed by atoms with Crippen LogP contribution >= 0.6 is 0 Å². The summed E-state index contributed by atoms with van der Waals surface area (Å²) in [5, 5.41) is 2.24. The Balaban J connectivity index is 2.79. The molecule has 5 nitrogen and oxygen atoms in total. The molecule has 0 fully saturated rings. The van der Waals surface area contributed by atoms with Crippen LogP contribution in [0.2, 0.25) is 0 Å². The van der Waals surface area contributed by atoms with Crippen molar-refractivity contribution in [2.24, 2.45) is 5.73 Å². The Morgan fingerprint density at radius 1 is 1.20 bits per heavy atom. The molecule has 0 aliphatic rings. The first kappa shape index (κ1) is 15.7. The predicted molar refractivity (Wildman–Crippen MR) is 66.7 cm³/mol. The van der Waals surface area contributed by atoms with Gasteiger partial charge in [-0.05, 0) is 25.5 Å². The Hall–Kier alpha value is -2.31. The molecule has 0 saturated carbocycles. The minimum absolute atomic E-state index is 0.0359. The number of nitrogens with two attached hydrogens (primary N) is 1. The summed E-state index contributed by atoms with van der Waals surface area (Å²) in [6, 6.07) is 1.22. The molecule has 0 unspecified atom stereocenters. The fourth-order valence-electron chi connectivity index (χ4n) is 1.56. The number of ketones is 1. The van der Waals surface area contributed by atoms with Gasteiger partial charge in [-0.1, -0.05) is 0 Å². The number of rotatable bonds is 6. The number of nitrogens with one attached hydrogen (secondary N) is 1. The van der Waals surface area contributed by atoms with Crippen molar-refractivity contribution in [2.75, 3.05) is 0 Å². The Morgan fingerprint density at radius 3 is 2.20 bits per heavy atom. The highest BCUT2D eigenvalue weighted by atomic mass is 19.1. The molecule has 1 rings (SSSR count). The van der Waals surface area contributed by atoms with E-state index in [2.05, 4.69) is 5.32 Å². The van der Waals surface area contributed by atoms with Gasteiger partial charge in [-0.15, -0.1) is 0 Å². The molecule has 1 aromatic rings. The van der Waals surface area contributed by atoms with E-state index >= 15 is 0 Å². The first-order valence-electron chi connectivity index (χ1n) is 5.85. The molecule has 1 atom stereocenters. The van der Waals surface area contributed by atoms with Gasteiger partial charge < -0.3 is 15.8 Å². The van der Waals surface area contributed by atoms with Gasteiger partial charge in [0.25, 0.3) is 5.91 Å². The number of halogens is 2. The van der Waals surface area contributed by atoms with Crippen LogP contribution in [0.3, 0.4) is 0 Å². The summed E-state index contributed by atoms with van der Waals surface area (Å²) in [6.07, 6.45) is 0.0968. The number of hydrogen-bond donors (Lipinski definition) is 2. The van der Waals surface area contributed by atoms with Crippen molar-refractivity contribution in [3.8, 4) is 0 Å². The van der Waals surface area contributed by atoms with Crippen LogP contribution in [-0.2, 0) is 9.59 Å². The van der Waals surface area contributed by atoms with Gasteiger partial charge in [0.15, 0.2) is 0 Å². The van der Waals surface area contributed by atoms with Crippen molar-refractivity contribution in [3.05, 3.63) is 35.4 Å². The number of benzene rings is 1. The Bertz CT molecular complexity index is 526. The lowest BCUT2D eigenvalue weighted by Gasteiger charge is -2.14. The molecule has 3 N–H and O–H groups in total. The molecular weight excluding hydrogens is 270 g/mol. The van der Waals surface area contributed by atoms with E-state index in [0.29, 0.717) is 6.07 Å². The summed E-state index contributed by atoms with van der Waals surface area (Å²) in [6.45, 7) is 1.34. The van der Waals surface area contributed by atoms with Gasteiger partial charge >= 0.3 is 0 Å². The van der Waals surface area contributed by atoms with E-state index < -0.39 is 29.5 Å².